The molecule has 64 heavy (non-hydrogen) atoms. The summed E-state index contributed by atoms with van der Waals surface area (Å²) in [6, 6.07) is 9.08. The minimum atomic E-state index is -1.22. The van der Waals surface area contributed by atoms with E-state index in [1.165, 1.54) is 7.11 Å². The van der Waals surface area contributed by atoms with E-state index in [4.69, 9.17) is 47.4 Å². The number of ether oxygens (including phenoxy) is 10. The van der Waals surface area contributed by atoms with E-state index in [1.54, 1.807) is 33.3 Å². The van der Waals surface area contributed by atoms with Crippen molar-refractivity contribution in [2.24, 2.45) is 34.5 Å². The van der Waals surface area contributed by atoms with Gasteiger partial charge in [0, 0.05) is 39.6 Å². The molecule has 3 heterocycles. The third kappa shape index (κ3) is 8.64. The summed E-state index contributed by atoms with van der Waals surface area (Å²) in [5.41, 5.74) is -1.44. The highest BCUT2D eigenvalue weighted by atomic mass is 16.8. The predicted octanol–water partition coefficient (Wildman–Crippen LogP) is 4.91. The Morgan fingerprint density at radius 1 is 0.719 bits per heavy atom. The summed E-state index contributed by atoms with van der Waals surface area (Å²) in [6.45, 7) is 11.8. The lowest BCUT2D eigenvalue weighted by Crippen LogP contribution is -2.68. The predicted molar refractivity (Wildman–Crippen MR) is 231 cm³/mol. The average molecular weight is 905 g/mol. The first-order valence-corrected chi connectivity index (χ1v) is 24.0. The molecule has 0 amide bonds. The molecule has 0 spiro atoms. The molecule has 23 atom stereocenters. The Kier molecular flexibility index (Phi) is 14.6. The van der Waals surface area contributed by atoms with E-state index in [2.05, 4.69) is 13.8 Å². The summed E-state index contributed by atoms with van der Waals surface area (Å²) < 4.78 is 62.2. The number of carbonyl (C=O) groups excluding carboxylic acids is 1. The van der Waals surface area contributed by atoms with Gasteiger partial charge in [-0.05, 0) is 120 Å². The molecule has 3 saturated heterocycles. The van der Waals surface area contributed by atoms with Gasteiger partial charge in [0.1, 0.15) is 36.6 Å². The van der Waals surface area contributed by atoms with E-state index in [0.29, 0.717) is 43.6 Å². The summed E-state index contributed by atoms with van der Waals surface area (Å²) in [4.78, 5) is 13.7. The quantitative estimate of drug-likeness (QED) is 0.163. The standard InChI is InChI=1S/C49H76O15/c1-25(50)32-18-20-49(54)33-16-15-30-21-31(17-19-47(30,5)34(33)22-37(48(32,49)6)62-45(53)29-13-11-10-12-14-29)61-38-23-35(55-7)42(27(3)58-38)63-39-24-36(56-8)43(28(4)59-39)64-46-41(52)44(57-9)40(51)26(2)60-46/h10-14,25-28,30-44,46,50-52,54H,15-24H2,1-9H3/t25-,26-,27-,28-,30+,31+,32-,33-,34?,35+,36-,37-,38+,39+,40-,41-,42-,43-,44-,46+,47+,48+,49+/m1/s1. The minimum Gasteiger partial charge on any atom is -0.458 e. The second-order valence-electron chi connectivity index (χ2n) is 20.8. The van der Waals surface area contributed by atoms with Crippen LogP contribution in [0.4, 0.5) is 0 Å². The van der Waals surface area contributed by atoms with Crippen molar-refractivity contribution in [3.63, 3.8) is 0 Å². The van der Waals surface area contributed by atoms with Gasteiger partial charge < -0.3 is 67.8 Å². The number of hydrogen-bond donors (Lipinski definition) is 4. The SMILES string of the molecule is CO[C@H]1[C@@H](O)[C@H](O[C@@H]2[C@@H](C)O[C@@H](O[C@H]3[C@@H](OC)C[C@H](O[C@H]4CC[C@]5(C)C6C[C@@H](OC(=O)c7ccccc7)[C@]7(C)[C@@H]([C@@H](C)O)CC[C@]7(O)[C@@H]6CC[C@H]5C4)O[C@@H]3C)C[C@H]2OC)O[C@H](C)[C@H]1O. The third-order valence-corrected chi connectivity index (χ3v) is 17.6. The molecule has 3 aliphatic heterocycles. The van der Waals surface area contributed by atoms with Crippen molar-refractivity contribution in [1.82, 2.24) is 0 Å². The Hall–Kier alpha value is -1.83. The molecular formula is C49H76O15. The zero-order valence-electron chi connectivity index (χ0n) is 39.3. The number of fused-ring (bicyclic) bond motifs is 5. The highest BCUT2D eigenvalue weighted by Gasteiger charge is 2.72. The number of benzene rings is 1. The van der Waals surface area contributed by atoms with Crippen molar-refractivity contribution in [3.8, 4) is 0 Å². The second kappa shape index (κ2) is 19.3. The molecule has 4 aliphatic carbocycles. The number of aliphatic hydroxyl groups excluding tert-OH is 3. The minimum absolute atomic E-state index is 0.0180. The molecule has 0 radical (unpaired) electrons. The summed E-state index contributed by atoms with van der Waals surface area (Å²) in [6.07, 6.45) is -2.57. The highest BCUT2D eigenvalue weighted by Crippen LogP contribution is 2.70. The van der Waals surface area contributed by atoms with Crippen LogP contribution in [0.1, 0.15) is 116 Å². The van der Waals surface area contributed by atoms with Gasteiger partial charge in [-0.3, -0.25) is 0 Å². The topological polar surface area (TPSA) is 190 Å². The summed E-state index contributed by atoms with van der Waals surface area (Å²) >= 11 is 0. The number of methoxy groups -OCH3 is 3. The average Bonchev–Trinajstić information content (AvgIpc) is 3.56. The largest absolute Gasteiger partial charge is 0.458 e. The van der Waals surface area contributed by atoms with Crippen LogP contribution >= 0.6 is 0 Å². The fourth-order valence-electron chi connectivity index (χ4n) is 14.0. The Morgan fingerprint density at radius 3 is 1.98 bits per heavy atom. The number of hydrogen-bond acceptors (Lipinski definition) is 15. The van der Waals surface area contributed by atoms with E-state index >= 15 is 0 Å². The van der Waals surface area contributed by atoms with Crippen molar-refractivity contribution in [1.29, 1.82) is 0 Å². The van der Waals surface area contributed by atoms with Crippen LogP contribution in [-0.4, -0.2) is 152 Å². The van der Waals surface area contributed by atoms with Crippen LogP contribution < -0.4 is 0 Å². The maximum atomic E-state index is 13.7. The first kappa shape index (κ1) is 48.6. The summed E-state index contributed by atoms with van der Waals surface area (Å²) in [5.74, 6) is -0.0240. The lowest BCUT2D eigenvalue weighted by atomic mass is 9.42. The Bertz CT molecular complexity index is 1720. The lowest BCUT2D eigenvalue weighted by molar-refractivity contribution is -0.352. The van der Waals surface area contributed by atoms with Crippen molar-refractivity contribution in [2.75, 3.05) is 21.3 Å². The molecule has 0 bridgehead atoms. The van der Waals surface area contributed by atoms with Gasteiger partial charge in [0.25, 0.3) is 0 Å². The van der Waals surface area contributed by atoms with Crippen molar-refractivity contribution >= 4 is 5.97 Å². The molecule has 4 saturated carbocycles. The van der Waals surface area contributed by atoms with Gasteiger partial charge in [0.05, 0.1) is 53.9 Å². The molecule has 362 valence electrons. The first-order valence-electron chi connectivity index (χ1n) is 24.0. The van der Waals surface area contributed by atoms with Gasteiger partial charge in [-0.25, -0.2) is 4.79 Å². The van der Waals surface area contributed by atoms with Crippen LogP contribution in [0.15, 0.2) is 30.3 Å². The van der Waals surface area contributed by atoms with E-state index in [9.17, 15) is 25.2 Å². The zero-order chi connectivity index (χ0) is 45.9. The maximum absolute atomic E-state index is 13.7. The van der Waals surface area contributed by atoms with E-state index in [-0.39, 0.29) is 47.4 Å². The van der Waals surface area contributed by atoms with E-state index in [1.807, 2.05) is 39.0 Å². The molecule has 7 aliphatic rings. The lowest BCUT2D eigenvalue weighted by Gasteiger charge is -2.65. The van der Waals surface area contributed by atoms with Crippen molar-refractivity contribution in [3.05, 3.63) is 35.9 Å². The van der Waals surface area contributed by atoms with E-state index in [0.717, 1.165) is 32.1 Å². The van der Waals surface area contributed by atoms with Crippen LogP contribution in [0.3, 0.4) is 0 Å². The smallest absolute Gasteiger partial charge is 0.338 e. The first-order chi connectivity index (χ1) is 30.5. The van der Waals surface area contributed by atoms with Gasteiger partial charge in [0.2, 0.25) is 0 Å². The number of esters is 1. The number of aliphatic hydroxyl groups is 4. The molecule has 8 rings (SSSR count). The zero-order valence-corrected chi connectivity index (χ0v) is 39.3. The van der Waals surface area contributed by atoms with Crippen LogP contribution in [-0.2, 0) is 47.4 Å². The Balaban J connectivity index is 0.889. The molecule has 7 fully saturated rings. The summed E-state index contributed by atoms with van der Waals surface area (Å²) in [5, 5.41) is 45.4. The number of rotatable bonds is 12. The molecule has 0 aromatic heterocycles. The van der Waals surface area contributed by atoms with Crippen LogP contribution in [0.2, 0.25) is 0 Å². The molecule has 1 unspecified atom stereocenters. The summed E-state index contributed by atoms with van der Waals surface area (Å²) in [7, 11) is 4.70. The third-order valence-electron chi connectivity index (χ3n) is 17.6. The van der Waals surface area contributed by atoms with Gasteiger partial charge in [-0.15, -0.1) is 0 Å². The number of carbonyl (C=O) groups is 1. The van der Waals surface area contributed by atoms with Crippen LogP contribution in [0, 0.1) is 34.5 Å². The normalized spacial score (nSPS) is 49.9. The fourth-order valence-corrected chi connectivity index (χ4v) is 14.0. The van der Waals surface area contributed by atoms with E-state index < -0.39 is 90.9 Å². The molecule has 1 aromatic rings. The van der Waals surface area contributed by atoms with Gasteiger partial charge in [0.15, 0.2) is 18.9 Å². The van der Waals surface area contributed by atoms with Crippen LogP contribution in [0.25, 0.3) is 0 Å². The molecule has 4 N–H and O–H groups in total. The monoisotopic (exact) mass is 905 g/mol. The molecule has 1 aromatic carbocycles. The van der Waals surface area contributed by atoms with Gasteiger partial charge in [-0.1, -0.05) is 32.0 Å². The van der Waals surface area contributed by atoms with Gasteiger partial charge >= 0.3 is 5.97 Å². The van der Waals surface area contributed by atoms with Crippen molar-refractivity contribution < 1.29 is 72.6 Å². The Morgan fingerprint density at radius 2 is 1.36 bits per heavy atom. The van der Waals surface area contributed by atoms with Crippen LogP contribution in [0.5, 0.6) is 0 Å². The molecule has 15 heteroatoms. The van der Waals surface area contributed by atoms with Gasteiger partial charge in [-0.2, -0.15) is 0 Å². The highest BCUT2D eigenvalue weighted by molar-refractivity contribution is 5.89. The Labute approximate surface area is 379 Å². The fraction of sp³-hybridized carbons (Fsp3) is 0.857. The second-order valence-corrected chi connectivity index (χ2v) is 20.8. The molecule has 15 nitrogen and oxygen atoms in total. The molecular weight excluding hydrogens is 829 g/mol. The maximum Gasteiger partial charge on any atom is 0.338 e. The van der Waals surface area contributed by atoms with Crippen molar-refractivity contribution in [2.45, 2.75) is 210 Å².